The summed E-state index contributed by atoms with van der Waals surface area (Å²) in [5, 5.41) is 11.1. The Bertz CT molecular complexity index is 308. The van der Waals surface area contributed by atoms with Crippen LogP contribution in [0.1, 0.15) is 18.0 Å². The van der Waals surface area contributed by atoms with Crippen LogP contribution in [0.25, 0.3) is 0 Å². The molecule has 0 aromatic heterocycles. The van der Waals surface area contributed by atoms with Crippen molar-refractivity contribution in [3.8, 4) is 0 Å². The van der Waals surface area contributed by atoms with Crippen molar-refractivity contribution in [1.82, 2.24) is 5.06 Å². The van der Waals surface area contributed by atoms with E-state index in [4.69, 9.17) is 0 Å². The predicted molar refractivity (Wildman–Crippen MR) is 62.7 cm³/mol. The minimum absolute atomic E-state index is 0.0401. The molecule has 0 saturated heterocycles. The van der Waals surface area contributed by atoms with Gasteiger partial charge in [-0.3, -0.25) is 0 Å². The maximum atomic E-state index is 9.81. The zero-order chi connectivity index (χ0) is 11.1. The molecule has 0 amide bonds. The van der Waals surface area contributed by atoms with Crippen LogP contribution in [0.5, 0.6) is 0 Å². The molecule has 1 unspecified atom stereocenters. The highest BCUT2D eigenvalue weighted by Gasteiger charge is 2.15. The fraction of sp³-hybridized carbons (Fsp3) is 0.231. The highest BCUT2D eigenvalue weighted by molar-refractivity contribution is 5.19. The van der Waals surface area contributed by atoms with E-state index in [0.717, 1.165) is 5.56 Å². The summed E-state index contributed by atoms with van der Waals surface area (Å²) in [6, 6.07) is 9.85. The minimum atomic E-state index is -0.0401. The summed E-state index contributed by atoms with van der Waals surface area (Å²) in [4.78, 5) is 0. The van der Waals surface area contributed by atoms with Crippen LogP contribution in [0.3, 0.4) is 0 Å². The molecule has 0 heterocycles. The van der Waals surface area contributed by atoms with E-state index in [2.05, 4.69) is 13.2 Å². The van der Waals surface area contributed by atoms with Gasteiger partial charge in [-0.15, -0.1) is 13.2 Å². The normalized spacial score (nSPS) is 12.4. The Morgan fingerprint density at radius 2 is 1.87 bits per heavy atom. The third kappa shape index (κ3) is 3.35. The van der Waals surface area contributed by atoms with Gasteiger partial charge in [0.25, 0.3) is 0 Å². The van der Waals surface area contributed by atoms with Gasteiger partial charge in [-0.1, -0.05) is 42.5 Å². The van der Waals surface area contributed by atoms with Gasteiger partial charge >= 0.3 is 0 Å². The molecule has 0 aliphatic rings. The maximum absolute atomic E-state index is 9.81. The average Bonchev–Trinajstić information content (AvgIpc) is 2.27. The molecule has 2 nitrogen and oxygen atoms in total. The Morgan fingerprint density at radius 3 is 2.40 bits per heavy atom. The zero-order valence-corrected chi connectivity index (χ0v) is 8.84. The lowest BCUT2D eigenvalue weighted by atomic mass is 10.0. The second kappa shape index (κ2) is 6.17. The largest absolute Gasteiger partial charge is 0.313 e. The van der Waals surface area contributed by atoms with E-state index in [0.29, 0.717) is 13.0 Å². The molecule has 0 saturated carbocycles. The maximum Gasteiger partial charge on any atom is 0.0637 e. The van der Waals surface area contributed by atoms with Gasteiger partial charge in [0.2, 0.25) is 0 Å². The molecule has 0 aliphatic heterocycles. The molecule has 80 valence electrons. The van der Waals surface area contributed by atoms with E-state index < -0.39 is 0 Å². The second-order valence-corrected chi connectivity index (χ2v) is 3.36. The molecule has 0 aliphatic carbocycles. The first-order valence-corrected chi connectivity index (χ1v) is 5.02. The van der Waals surface area contributed by atoms with Gasteiger partial charge in [0.1, 0.15) is 0 Å². The molecule has 1 rings (SSSR count). The van der Waals surface area contributed by atoms with Crippen LogP contribution in [0.2, 0.25) is 0 Å². The third-order valence-electron chi connectivity index (χ3n) is 2.25. The van der Waals surface area contributed by atoms with E-state index in [1.54, 1.807) is 6.08 Å². The SMILES string of the molecule is C=CCC(c1ccccc1)N(O)CC=C. The summed E-state index contributed by atoms with van der Waals surface area (Å²) >= 11 is 0. The monoisotopic (exact) mass is 203 g/mol. The van der Waals surface area contributed by atoms with Crippen molar-refractivity contribution in [1.29, 1.82) is 0 Å². The Labute approximate surface area is 91.1 Å². The van der Waals surface area contributed by atoms with Gasteiger partial charge in [0, 0.05) is 6.54 Å². The number of hydrogen-bond acceptors (Lipinski definition) is 2. The third-order valence-corrected chi connectivity index (χ3v) is 2.25. The van der Waals surface area contributed by atoms with Crippen LogP contribution in [-0.4, -0.2) is 16.8 Å². The first-order valence-electron chi connectivity index (χ1n) is 5.02. The summed E-state index contributed by atoms with van der Waals surface area (Å²) in [7, 11) is 0. The number of hydrogen-bond donors (Lipinski definition) is 1. The summed E-state index contributed by atoms with van der Waals surface area (Å²) in [6.45, 7) is 7.77. The number of benzene rings is 1. The molecule has 0 bridgehead atoms. The van der Waals surface area contributed by atoms with Crippen molar-refractivity contribution in [2.75, 3.05) is 6.54 Å². The molecule has 0 fully saturated rings. The van der Waals surface area contributed by atoms with Crippen molar-refractivity contribution >= 4 is 0 Å². The van der Waals surface area contributed by atoms with Crippen LogP contribution in [0, 0.1) is 0 Å². The molecule has 15 heavy (non-hydrogen) atoms. The van der Waals surface area contributed by atoms with Gasteiger partial charge in [-0.2, -0.15) is 5.06 Å². The molecular weight excluding hydrogens is 186 g/mol. The topological polar surface area (TPSA) is 23.5 Å². The highest BCUT2D eigenvalue weighted by Crippen LogP contribution is 2.22. The van der Waals surface area contributed by atoms with Crippen LogP contribution in [0.15, 0.2) is 55.6 Å². The minimum Gasteiger partial charge on any atom is -0.313 e. The summed E-state index contributed by atoms with van der Waals surface area (Å²) in [6.07, 6.45) is 4.21. The fourth-order valence-corrected chi connectivity index (χ4v) is 1.52. The van der Waals surface area contributed by atoms with Gasteiger partial charge in [-0.25, -0.2) is 0 Å². The first kappa shape index (κ1) is 11.7. The molecule has 1 aromatic carbocycles. The Kier molecular flexibility index (Phi) is 4.81. The van der Waals surface area contributed by atoms with Gasteiger partial charge < -0.3 is 5.21 Å². The van der Waals surface area contributed by atoms with E-state index >= 15 is 0 Å². The lowest BCUT2D eigenvalue weighted by Gasteiger charge is -2.24. The van der Waals surface area contributed by atoms with Gasteiger partial charge in [0.15, 0.2) is 0 Å². The number of hydroxylamine groups is 2. The Morgan fingerprint density at radius 1 is 1.20 bits per heavy atom. The molecule has 1 N–H and O–H groups in total. The van der Waals surface area contributed by atoms with Crippen molar-refractivity contribution in [2.24, 2.45) is 0 Å². The second-order valence-electron chi connectivity index (χ2n) is 3.36. The lowest BCUT2D eigenvalue weighted by Crippen LogP contribution is -2.25. The summed E-state index contributed by atoms with van der Waals surface area (Å²) in [5.41, 5.74) is 1.08. The lowest BCUT2D eigenvalue weighted by molar-refractivity contribution is -0.118. The smallest absolute Gasteiger partial charge is 0.0637 e. The summed E-state index contributed by atoms with van der Waals surface area (Å²) in [5.74, 6) is 0. The number of rotatable bonds is 6. The highest BCUT2D eigenvalue weighted by atomic mass is 16.5. The molecule has 0 spiro atoms. The molecule has 1 aromatic rings. The van der Waals surface area contributed by atoms with Crippen LogP contribution < -0.4 is 0 Å². The molecular formula is C13H17NO. The van der Waals surface area contributed by atoms with Crippen molar-refractivity contribution in [2.45, 2.75) is 12.5 Å². The Balaban J connectivity index is 2.82. The van der Waals surface area contributed by atoms with Crippen molar-refractivity contribution < 1.29 is 5.21 Å². The molecule has 2 heteroatoms. The van der Waals surface area contributed by atoms with E-state index in [1.165, 1.54) is 5.06 Å². The van der Waals surface area contributed by atoms with Crippen LogP contribution in [-0.2, 0) is 0 Å². The van der Waals surface area contributed by atoms with Crippen molar-refractivity contribution in [3.63, 3.8) is 0 Å². The van der Waals surface area contributed by atoms with E-state index in [-0.39, 0.29) is 6.04 Å². The molecule has 0 radical (unpaired) electrons. The summed E-state index contributed by atoms with van der Waals surface area (Å²) < 4.78 is 0. The van der Waals surface area contributed by atoms with Crippen LogP contribution in [0.4, 0.5) is 0 Å². The van der Waals surface area contributed by atoms with E-state index in [9.17, 15) is 5.21 Å². The first-order chi connectivity index (χ1) is 7.29. The fourth-order valence-electron chi connectivity index (χ4n) is 1.52. The van der Waals surface area contributed by atoms with Crippen molar-refractivity contribution in [3.05, 3.63) is 61.2 Å². The van der Waals surface area contributed by atoms with Gasteiger partial charge in [0.05, 0.1) is 6.04 Å². The zero-order valence-electron chi connectivity index (χ0n) is 8.84. The standard InChI is InChI=1S/C13H17NO/c1-3-8-13(14(15)11-4-2)12-9-6-5-7-10-12/h3-7,9-10,13,15H,1-2,8,11H2. The van der Waals surface area contributed by atoms with Crippen LogP contribution >= 0.6 is 0 Å². The van der Waals surface area contributed by atoms with E-state index in [1.807, 2.05) is 36.4 Å². The average molecular weight is 203 g/mol. The Hall–Kier alpha value is -1.38. The quantitative estimate of drug-likeness (QED) is 0.567. The van der Waals surface area contributed by atoms with Gasteiger partial charge in [-0.05, 0) is 12.0 Å². The number of nitrogens with zero attached hydrogens (tertiary/aromatic N) is 1. The molecule has 1 atom stereocenters. The predicted octanol–water partition coefficient (Wildman–Crippen LogP) is 3.18.